The third kappa shape index (κ3) is 8.49. The Balaban J connectivity index is 1.98. The number of rotatable bonds is 7. The lowest BCUT2D eigenvalue weighted by molar-refractivity contribution is -0.160. The van der Waals surface area contributed by atoms with E-state index in [4.69, 9.17) is 18.9 Å². The monoisotopic (exact) mass is 776 g/mol. The van der Waals surface area contributed by atoms with E-state index in [2.05, 4.69) is 18.5 Å². The van der Waals surface area contributed by atoms with Gasteiger partial charge in [0.15, 0.2) is 5.75 Å². The molecule has 5 rings (SSSR count). The molecular weight excluding hydrogens is 720 g/mol. The molecule has 0 spiro atoms. The number of Topliss-reactive ketones (excluding diaryl/α,β-unsaturated/α-hetero) is 1. The van der Waals surface area contributed by atoms with Crippen LogP contribution < -0.4 is 15.0 Å². The molecule has 0 radical (unpaired) electrons. The van der Waals surface area contributed by atoms with Gasteiger partial charge in [-0.1, -0.05) is 58.1 Å². The average Bonchev–Trinajstić information content (AvgIpc) is 3.42. The molecule has 13 heteroatoms. The number of carbonyl (C=O) groups excluding carboxylic acids is 3. The number of aliphatic hydroxyl groups excluding tert-OH is 2. The summed E-state index contributed by atoms with van der Waals surface area (Å²) in [6.07, 6.45) is 7.17. The summed E-state index contributed by atoms with van der Waals surface area (Å²) in [6.45, 7) is 21.1. The summed E-state index contributed by atoms with van der Waals surface area (Å²) in [4.78, 5) is 42.2. The molecule has 0 saturated carbocycles. The first-order valence-electron chi connectivity index (χ1n) is 18.7. The van der Waals surface area contributed by atoms with Crippen molar-refractivity contribution in [2.45, 2.75) is 85.6 Å². The van der Waals surface area contributed by atoms with E-state index in [1.807, 2.05) is 0 Å². The molecule has 304 valence electrons. The second-order valence-corrected chi connectivity index (χ2v) is 14.9. The van der Waals surface area contributed by atoms with Gasteiger partial charge >= 0.3 is 11.8 Å². The van der Waals surface area contributed by atoms with Gasteiger partial charge in [-0.15, -0.1) is 13.2 Å². The molecule has 0 aliphatic carbocycles. The lowest BCUT2D eigenvalue weighted by Gasteiger charge is -2.38. The number of phenolic OH excluding ortho intramolecular Hbond substituents is 2. The van der Waals surface area contributed by atoms with Crippen LogP contribution in [0.5, 0.6) is 17.2 Å². The third-order valence-corrected chi connectivity index (χ3v) is 10.9. The van der Waals surface area contributed by atoms with E-state index in [1.165, 1.54) is 46.3 Å². The fourth-order valence-corrected chi connectivity index (χ4v) is 7.48. The molecule has 5 N–H and O–H groups in total. The van der Waals surface area contributed by atoms with Gasteiger partial charge in [-0.2, -0.15) is 0 Å². The Bertz CT molecular complexity index is 1940. The minimum absolute atomic E-state index is 0.0303. The van der Waals surface area contributed by atoms with Crippen molar-refractivity contribution in [1.29, 1.82) is 0 Å². The van der Waals surface area contributed by atoms with Gasteiger partial charge in [0.1, 0.15) is 17.6 Å². The first-order chi connectivity index (χ1) is 26.3. The standard InChI is InChI=1S/C43H56N2O11/c1-12-18-45(19-13-2)30-21-29-38(50)33-32(30)34-40(27(8)37(33)49)56-43(10,41(34)51)54-20-17-31(53-11)24(5)39(55-28(9)46)26(7)36(48)25(6)35(47)22(3)15-14-16-23(4)42(52)44-29/h12-17,20-22,24-26,31,35-36,39,47-50H,1-2,18-19H2,3-11H3,(H,44,52)/b15-14-,20-17-,23-16+. The van der Waals surface area contributed by atoms with E-state index >= 15 is 0 Å². The highest BCUT2D eigenvalue weighted by Crippen LogP contribution is 2.54. The van der Waals surface area contributed by atoms with Crippen molar-refractivity contribution in [3.05, 3.63) is 78.6 Å². The number of anilines is 2. The molecule has 2 aromatic rings. The van der Waals surface area contributed by atoms with Crippen LogP contribution in [0.15, 0.2) is 67.5 Å². The normalized spacial score (nSPS) is 30.7. The van der Waals surface area contributed by atoms with Gasteiger partial charge in [0.2, 0.25) is 0 Å². The van der Waals surface area contributed by atoms with Crippen molar-refractivity contribution in [1.82, 2.24) is 0 Å². The number of ketones is 1. The number of methoxy groups -OCH3 is 1. The highest BCUT2D eigenvalue weighted by molar-refractivity contribution is 6.23. The molecule has 0 fully saturated rings. The number of esters is 1. The van der Waals surface area contributed by atoms with Crippen LogP contribution in [-0.4, -0.2) is 88.5 Å². The van der Waals surface area contributed by atoms with Crippen LogP contribution in [0.1, 0.15) is 64.4 Å². The zero-order valence-corrected chi connectivity index (χ0v) is 33.7. The van der Waals surface area contributed by atoms with Crippen LogP contribution in [0.3, 0.4) is 0 Å². The number of phenols is 2. The molecule has 5 bridgehead atoms. The van der Waals surface area contributed by atoms with Gasteiger partial charge in [-0.25, -0.2) is 0 Å². The maximum Gasteiger partial charge on any atom is 0.312 e. The van der Waals surface area contributed by atoms with E-state index in [1.54, 1.807) is 69.9 Å². The topological polar surface area (TPSA) is 184 Å². The Morgan fingerprint density at radius 3 is 2.21 bits per heavy atom. The van der Waals surface area contributed by atoms with Crippen LogP contribution in [-0.2, 0) is 23.8 Å². The predicted molar refractivity (Wildman–Crippen MR) is 215 cm³/mol. The number of benzene rings is 2. The summed E-state index contributed by atoms with van der Waals surface area (Å²) < 4.78 is 23.8. The summed E-state index contributed by atoms with van der Waals surface area (Å²) in [5.41, 5.74) is 0.780. The number of allylic oxidation sites excluding steroid dienone is 2. The largest absolute Gasteiger partial charge is 0.507 e. The Labute approximate surface area is 328 Å². The number of aromatic hydroxyl groups is 2. The second kappa shape index (κ2) is 17.8. The quantitative estimate of drug-likeness (QED) is 0.122. The van der Waals surface area contributed by atoms with Gasteiger partial charge in [0.25, 0.3) is 11.7 Å². The molecule has 1 amide bonds. The van der Waals surface area contributed by atoms with Gasteiger partial charge in [-0.3, -0.25) is 14.4 Å². The lowest BCUT2D eigenvalue weighted by atomic mass is 9.78. The van der Waals surface area contributed by atoms with Crippen molar-refractivity contribution >= 4 is 39.8 Å². The molecule has 2 aromatic carbocycles. The number of nitrogens with one attached hydrogen (secondary N) is 1. The summed E-state index contributed by atoms with van der Waals surface area (Å²) in [5.74, 6) is -6.87. The summed E-state index contributed by atoms with van der Waals surface area (Å²) in [5, 5.41) is 49.0. The number of amides is 1. The Hall–Kier alpha value is -5.11. The Kier molecular flexibility index (Phi) is 13.8. The third-order valence-electron chi connectivity index (χ3n) is 10.9. The van der Waals surface area contributed by atoms with Gasteiger partial charge in [0, 0.05) is 79.9 Å². The van der Waals surface area contributed by atoms with E-state index in [-0.39, 0.29) is 57.7 Å². The van der Waals surface area contributed by atoms with Crippen LogP contribution in [0, 0.1) is 30.6 Å². The minimum atomic E-state index is -1.95. The fraction of sp³-hybridized carbons (Fsp3) is 0.465. The molecule has 3 heterocycles. The second-order valence-electron chi connectivity index (χ2n) is 14.9. The van der Waals surface area contributed by atoms with Gasteiger partial charge in [-0.05, 0) is 26.0 Å². The number of hydrogen-bond donors (Lipinski definition) is 5. The molecule has 3 aliphatic rings. The van der Waals surface area contributed by atoms with Crippen molar-refractivity contribution in [3.8, 4) is 17.2 Å². The van der Waals surface area contributed by atoms with Crippen LogP contribution >= 0.6 is 0 Å². The number of carbonyl (C=O) groups is 3. The van der Waals surface area contributed by atoms with Crippen LogP contribution in [0.4, 0.5) is 11.4 Å². The van der Waals surface area contributed by atoms with E-state index < -0.39 is 77.3 Å². The zero-order chi connectivity index (χ0) is 41.8. The molecule has 13 nitrogen and oxygen atoms in total. The minimum Gasteiger partial charge on any atom is -0.507 e. The molecule has 0 saturated heterocycles. The lowest BCUT2D eigenvalue weighted by Crippen LogP contribution is -2.46. The molecule has 9 atom stereocenters. The van der Waals surface area contributed by atoms with Gasteiger partial charge in [0.05, 0.1) is 41.2 Å². The molecular formula is C43H56N2O11. The maximum absolute atomic E-state index is 14.5. The number of ether oxygens (including phenoxy) is 4. The van der Waals surface area contributed by atoms with E-state index in [0.717, 1.165) is 0 Å². The Morgan fingerprint density at radius 1 is 0.982 bits per heavy atom. The van der Waals surface area contributed by atoms with Crippen molar-refractivity contribution in [2.75, 3.05) is 30.4 Å². The highest BCUT2D eigenvalue weighted by Gasteiger charge is 2.49. The van der Waals surface area contributed by atoms with E-state index in [0.29, 0.717) is 5.69 Å². The predicted octanol–water partition coefficient (Wildman–Crippen LogP) is 6.23. The molecule has 56 heavy (non-hydrogen) atoms. The van der Waals surface area contributed by atoms with Crippen molar-refractivity contribution in [3.63, 3.8) is 0 Å². The fourth-order valence-electron chi connectivity index (χ4n) is 7.48. The summed E-state index contributed by atoms with van der Waals surface area (Å²) in [7, 11) is 1.46. The number of nitrogens with zero attached hydrogens (tertiary/aromatic N) is 1. The SMILES string of the molecule is C=CCN(CC=C)c1cc2c(O)c3c(O)c(C)c4c(c13)C(=O)C(C)(O/C=C\C(OC)C(C)C(OC(C)=O)C(C)C(O)C(C)C(O)C(C)/C=C\C=C(/C)C(=O)N2)O4. The van der Waals surface area contributed by atoms with Crippen molar-refractivity contribution in [2.24, 2.45) is 23.7 Å². The van der Waals surface area contributed by atoms with Gasteiger partial charge < -0.3 is 49.6 Å². The Morgan fingerprint density at radius 2 is 1.62 bits per heavy atom. The molecule has 0 aromatic heterocycles. The van der Waals surface area contributed by atoms with E-state index in [9.17, 15) is 34.8 Å². The zero-order valence-electron chi connectivity index (χ0n) is 33.7. The first-order valence-corrected chi connectivity index (χ1v) is 18.7. The number of aliphatic hydroxyl groups is 2. The van der Waals surface area contributed by atoms with Crippen molar-refractivity contribution < 1.29 is 53.8 Å². The number of fused-ring (bicyclic) bond motifs is 14. The first kappa shape index (κ1) is 43.6. The number of hydrogen-bond acceptors (Lipinski definition) is 12. The average molecular weight is 777 g/mol. The molecule has 9 unspecified atom stereocenters. The smallest absolute Gasteiger partial charge is 0.312 e. The highest BCUT2D eigenvalue weighted by atomic mass is 16.7. The molecule has 3 aliphatic heterocycles. The summed E-state index contributed by atoms with van der Waals surface area (Å²) in [6, 6.07) is 1.51. The van der Waals surface area contributed by atoms with Crippen LogP contribution in [0.2, 0.25) is 0 Å². The maximum atomic E-state index is 14.5. The summed E-state index contributed by atoms with van der Waals surface area (Å²) >= 11 is 0. The van der Waals surface area contributed by atoms with Crippen LogP contribution in [0.25, 0.3) is 10.8 Å².